The van der Waals surface area contributed by atoms with Crippen molar-refractivity contribution in [1.82, 2.24) is 9.88 Å². The summed E-state index contributed by atoms with van der Waals surface area (Å²) in [5, 5.41) is 8.72. The Balaban J connectivity index is 1.85. The molecule has 5 nitrogen and oxygen atoms in total. The Morgan fingerprint density at radius 3 is 3.19 bits per heavy atom. The number of aliphatic carboxylic acids is 1. The molecule has 0 amide bonds. The van der Waals surface area contributed by atoms with Crippen LogP contribution in [0.1, 0.15) is 24.3 Å². The lowest BCUT2D eigenvalue weighted by atomic mass is 10.1. The summed E-state index contributed by atoms with van der Waals surface area (Å²) in [6.07, 6.45) is 2.69. The second-order valence-electron chi connectivity index (χ2n) is 4.34. The van der Waals surface area contributed by atoms with Crippen molar-refractivity contribution in [3.05, 3.63) is 17.8 Å². The zero-order valence-electron chi connectivity index (χ0n) is 9.35. The summed E-state index contributed by atoms with van der Waals surface area (Å²) in [5.74, 6) is 0.427. The van der Waals surface area contributed by atoms with E-state index in [4.69, 9.17) is 9.52 Å². The van der Waals surface area contributed by atoms with E-state index >= 15 is 0 Å². The Kier molecular flexibility index (Phi) is 3.24. The quantitative estimate of drug-likeness (QED) is 0.834. The Bertz CT molecular complexity index is 375. The number of hydrogen-bond acceptors (Lipinski definition) is 4. The maximum absolute atomic E-state index is 10.6. The number of aryl methyl sites for hydroxylation is 1. The number of carbonyl (C=O) groups is 1. The molecular weight excluding hydrogens is 208 g/mol. The molecule has 1 saturated heterocycles. The van der Waals surface area contributed by atoms with Gasteiger partial charge in [0.25, 0.3) is 0 Å². The van der Waals surface area contributed by atoms with Crippen LogP contribution in [0.15, 0.2) is 10.8 Å². The third kappa shape index (κ3) is 2.61. The van der Waals surface area contributed by atoms with E-state index in [1.807, 2.05) is 6.92 Å². The number of hydrogen-bond donors (Lipinski definition) is 1. The number of carboxylic acid groups (broad SMARTS) is 1. The van der Waals surface area contributed by atoms with Gasteiger partial charge in [0.15, 0.2) is 6.39 Å². The van der Waals surface area contributed by atoms with Crippen LogP contribution in [0.25, 0.3) is 0 Å². The predicted molar refractivity (Wildman–Crippen MR) is 56.9 cm³/mol. The first-order chi connectivity index (χ1) is 7.65. The lowest BCUT2D eigenvalue weighted by Gasteiger charge is -2.13. The minimum atomic E-state index is -0.704. The Labute approximate surface area is 94.1 Å². The van der Waals surface area contributed by atoms with Crippen LogP contribution in [-0.2, 0) is 11.3 Å². The SMILES string of the molecule is Cc1ocnc1CN1CCC(CC(=O)O)C1. The first-order valence-corrected chi connectivity index (χ1v) is 5.48. The molecule has 88 valence electrons. The molecule has 0 saturated carbocycles. The summed E-state index contributed by atoms with van der Waals surface area (Å²) in [6.45, 7) is 4.45. The normalized spacial score (nSPS) is 21.4. The van der Waals surface area contributed by atoms with Crippen molar-refractivity contribution in [1.29, 1.82) is 0 Å². The third-order valence-corrected chi connectivity index (χ3v) is 3.05. The molecular formula is C11H16N2O3. The second-order valence-corrected chi connectivity index (χ2v) is 4.34. The van der Waals surface area contributed by atoms with Gasteiger partial charge in [0, 0.05) is 19.5 Å². The van der Waals surface area contributed by atoms with E-state index in [0.717, 1.165) is 37.5 Å². The van der Waals surface area contributed by atoms with Crippen molar-refractivity contribution < 1.29 is 14.3 Å². The molecule has 1 N–H and O–H groups in total. The highest BCUT2D eigenvalue weighted by molar-refractivity contribution is 5.67. The molecule has 1 fully saturated rings. The van der Waals surface area contributed by atoms with Crippen molar-refractivity contribution in [2.75, 3.05) is 13.1 Å². The number of carboxylic acids is 1. The molecule has 16 heavy (non-hydrogen) atoms. The summed E-state index contributed by atoms with van der Waals surface area (Å²) in [6, 6.07) is 0. The van der Waals surface area contributed by atoms with Gasteiger partial charge in [0.2, 0.25) is 0 Å². The molecule has 0 aromatic carbocycles. The summed E-state index contributed by atoms with van der Waals surface area (Å²) in [5.41, 5.74) is 0.955. The highest BCUT2D eigenvalue weighted by atomic mass is 16.4. The number of likely N-dealkylation sites (tertiary alicyclic amines) is 1. The smallest absolute Gasteiger partial charge is 0.303 e. The predicted octanol–water partition coefficient (Wildman–Crippen LogP) is 1.28. The van der Waals surface area contributed by atoms with E-state index in [1.165, 1.54) is 6.39 Å². The summed E-state index contributed by atoms with van der Waals surface area (Å²) in [7, 11) is 0. The van der Waals surface area contributed by atoms with E-state index in [2.05, 4.69) is 9.88 Å². The number of aromatic nitrogens is 1. The molecule has 1 aromatic heterocycles. The maximum Gasteiger partial charge on any atom is 0.303 e. The standard InChI is InChI=1S/C11H16N2O3/c1-8-10(12-7-16-8)6-13-3-2-9(5-13)4-11(14)15/h7,9H,2-6H2,1H3,(H,14,15). The molecule has 1 aliphatic heterocycles. The lowest BCUT2D eigenvalue weighted by Crippen LogP contribution is -2.21. The fourth-order valence-corrected chi connectivity index (χ4v) is 2.16. The van der Waals surface area contributed by atoms with Crippen molar-refractivity contribution in [3.63, 3.8) is 0 Å². The molecule has 1 unspecified atom stereocenters. The van der Waals surface area contributed by atoms with Gasteiger partial charge in [-0.1, -0.05) is 0 Å². The zero-order chi connectivity index (χ0) is 11.5. The molecule has 5 heteroatoms. The molecule has 0 spiro atoms. The van der Waals surface area contributed by atoms with E-state index in [9.17, 15) is 4.79 Å². The van der Waals surface area contributed by atoms with Crippen molar-refractivity contribution in [3.8, 4) is 0 Å². The molecule has 1 atom stereocenters. The molecule has 1 aromatic rings. The first kappa shape index (κ1) is 11.1. The number of rotatable bonds is 4. The molecule has 0 aliphatic carbocycles. The third-order valence-electron chi connectivity index (χ3n) is 3.05. The van der Waals surface area contributed by atoms with E-state index in [1.54, 1.807) is 0 Å². The Hall–Kier alpha value is -1.36. The minimum Gasteiger partial charge on any atom is -0.481 e. The molecule has 2 rings (SSSR count). The van der Waals surface area contributed by atoms with Crippen LogP contribution in [0, 0.1) is 12.8 Å². The highest BCUT2D eigenvalue weighted by Crippen LogP contribution is 2.21. The van der Waals surface area contributed by atoms with Crippen molar-refractivity contribution in [2.24, 2.45) is 5.92 Å². The van der Waals surface area contributed by atoms with Crippen LogP contribution in [0.2, 0.25) is 0 Å². The summed E-state index contributed by atoms with van der Waals surface area (Å²) < 4.78 is 5.13. The van der Waals surface area contributed by atoms with Gasteiger partial charge in [-0.15, -0.1) is 0 Å². The topological polar surface area (TPSA) is 66.6 Å². The average Bonchev–Trinajstić information content (AvgIpc) is 2.77. The van der Waals surface area contributed by atoms with Gasteiger partial charge in [0.05, 0.1) is 5.69 Å². The maximum atomic E-state index is 10.6. The van der Waals surface area contributed by atoms with Gasteiger partial charge in [-0.2, -0.15) is 0 Å². The first-order valence-electron chi connectivity index (χ1n) is 5.48. The lowest BCUT2D eigenvalue weighted by molar-refractivity contribution is -0.138. The summed E-state index contributed by atoms with van der Waals surface area (Å²) in [4.78, 5) is 17.0. The van der Waals surface area contributed by atoms with Gasteiger partial charge < -0.3 is 9.52 Å². The largest absolute Gasteiger partial charge is 0.481 e. The average molecular weight is 224 g/mol. The van der Waals surface area contributed by atoms with E-state index in [-0.39, 0.29) is 12.3 Å². The van der Waals surface area contributed by atoms with Gasteiger partial charge in [-0.05, 0) is 25.8 Å². The van der Waals surface area contributed by atoms with E-state index < -0.39 is 5.97 Å². The van der Waals surface area contributed by atoms with Crippen LogP contribution in [0.5, 0.6) is 0 Å². The van der Waals surface area contributed by atoms with Gasteiger partial charge in [0.1, 0.15) is 5.76 Å². The van der Waals surface area contributed by atoms with Gasteiger partial charge >= 0.3 is 5.97 Å². The van der Waals surface area contributed by atoms with Crippen LogP contribution in [0.3, 0.4) is 0 Å². The molecule has 0 bridgehead atoms. The molecule has 0 radical (unpaired) electrons. The van der Waals surface area contributed by atoms with Crippen LogP contribution >= 0.6 is 0 Å². The Morgan fingerprint density at radius 2 is 2.56 bits per heavy atom. The highest BCUT2D eigenvalue weighted by Gasteiger charge is 2.25. The van der Waals surface area contributed by atoms with Crippen molar-refractivity contribution >= 4 is 5.97 Å². The van der Waals surface area contributed by atoms with Crippen LogP contribution < -0.4 is 0 Å². The fourth-order valence-electron chi connectivity index (χ4n) is 2.16. The monoisotopic (exact) mass is 224 g/mol. The second kappa shape index (κ2) is 4.65. The summed E-state index contributed by atoms with van der Waals surface area (Å²) >= 11 is 0. The Morgan fingerprint density at radius 1 is 1.75 bits per heavy atom. The molecule has 1 aliphatic rings. The van der Waals surface area contributed by atoms with E-state index in [0.29, 0.717) is 0 Å². The van der Waals surface area contributed by atoms with Gasteiger partial charge in [-0.25, -0.2) is 4.98 Å². The zero-order valence-corrected chi connectivity index (χ0v) is 9.35. The molecule has 2 heterocycles. The number of oxazole rings is 1. The fraction of sp³-hybridized carbons (Fsp3) is 0.636. The van der Waals surface area contributed by atoms with Crippen LogP contribution in [0.4, 0.5) is 0 Å². The minimum absolute atomic E-state index is 0.272. The number of nitrogens with zero attached hydrogens (tertiary/aromatic N) is 2. The van der Waals surface area contributed by atoms with Gasteiger partial charge in [-0.3, -0.25) is 9.69 Å². The van der Waals surface area contributed by atoms with Crippen LogP contribution in [-0.4, -0.2) is 34.0 Å². The van der Waals surface area contributed by atoms with Crippen molar-refractivity contribution in [2.45, 2.75) is 26.3 Å².